The molecule has 3 aromatic rings. The number of rotatable bonds is 5. The highest BCUT2D eigenvalue weighted by Crippen LogP contribution is 2.30. The number of aromatic nitrogens is 1. The van der Waals surface area contributed by atoms with Gasteiger partial charge >= 0.3 is 0 Å². The molecular formula is C18H17FN2O2S. The predicted octanol–water partition coefficient (Wildman–Crippen LogP) is 3.48. The van der Waals surface area contributed by atoms with Gasteiger partial charge < -0.3 is 0 Å². The standard InChI is InChI=1S/C18H17FN2O2S/c1-2-24(22,23)21-11-14-6-7-16(13-4-3-5-15(19)10-13)17-8-9-20-12-18(14)17/h3-10,12,21H,2,11H2,1H3. The monoisotopic (exact) mass is 344 g/mol. The molecule has 6 heteroatoms. The normalized spacial score (nSPS) is 11.8. The number of hydrogen-bond acceptors (Lipinski definition) is 3. The van der Waals surface area contributed by atoms with Crippen LogP contribution in [0.5, 0.6) is 0 Å². The Morgan fingerprint density at radius 2 is 1.96 bits per heavy atom. The minimum absolute atomic E-state index is 0.0323. The molecule has 1 N–H and O–H groups in total. The van der Waals surface area contributed by atoms with E-state index in [-0.39, 0.29) is 18.1 Å². The molecule has 0 spiro atoms. The first kappa shape index (κ1) is 16.5. The second kappa shape index (κ2) is 6.67. The van der Waals surface area contributed by atoms with Crippen LogP contribution in [-0.4, -0.2) is 19.2 Å². The van der Waals surface area contributed by atoms with Crippen molar-refractivity contribution in [2.45, 2.75) is 13.5 Å². The number of hydrogen-bond donors (Lipinski definition) is 1. The molecule has 0 atom stereocenters. The predicted molar refractivity (Wildman–Crippen MR) is 93.4 cm³/mol. The summed E-state index contributed by atoms with van der Waals surface area (Å²) in [5.41, 5.74) is 2.48. The first-order chi connectivity index (χ1) is 11.5. The minimum atomic E-state index is -3.27. The van der Waals surface area contributed by atoms with E-state index in [1.54, 1.807) is 25.4 Å². The van der Waals surface area contributed by atoms with Gasteiger partial charge in [-0.2, -0.15) is 0 Å². The molecule has 124 valence electrons. The van der Waals surface area contributed by atoms with Crippen molar-refractivity contribution in [1.29, 1.82) is 0 Å². The van der Waals surface area contributed by atoms with Crippen molar-refractivity contribution in [3.63, 3.8) is 0 Å². The quantitative estimate of drug-likeness (QED) is 0.771. The third-order valence-corrected chi connectivity index (χ3v) is 5.25. The van der Waals surface area contributed by atoms with Crippen LogP contribution in [0.4, 0.5) is 4.39 Å². The van der Waals surface area contributed by atoms with Crippen LogP contribution in [-0.2, 0) is 16.6 Å². The molecule has 0 saturated carbocycles. The zero-order valence-electron chi connectivity index (χ0n) is 13.2. The van der Waals surface area contributed by atoms with Crippen molar-refractivity contribution < 1.29 is 12.8 Å². The summed E-state index contributed by atoms with van der Waals surface area (Å²) in [7, 11) is -3.27. The summed E-state index contributed by atoms with van der Waals surface area (Å²) in [6, 6.07) is 12.0. The molecule has 0 saturated heterocycles. The van der Waals surface area contributed by atoms with Gasteiger partial charge in [0, 0.05) is 24.3 Å². The van der Waals surface area contributed by atoms with Crippen molar-refractivity contribution in [3.05, 3.63) is 66.2 Å². The van der Waals surface area contributed by atoms with Gasteiger partial charge in [-0.3, -0.25) is 4.98 Å². The molecule has 0 fully saturated rings. The lowest BCUT2D eigenvalue weighted by Crippen LogP contribution is -2.24. The lowest BCUT2D eigenvalue weighted by atomic mass is 9.96. The molecule has 0 aliphatic rings. The first-order valence-electron chi connectivity index (χ1n) is 7.59. The second-order valence-corrected chi connectivity index (χ2v) is 7.52. The first-order valence-corrected chi connectivity index (χ1v) is 9.24. The van der Waals surface area contributed by atoms with Gasteiger partial charge in [0.25, 0.3) is 0 Å². The van der Waals surface area contributed by atoms with E-state index in [9.17, 15) is 12.8 Å². The van der Waals surface area contributed by atoms with Gasteiger partial charge in [0.15, 0.2) is 0 Å². The van der Waals surface area contributed by atoms with Crippen LogP contribution in [0, 0.1) is 5.82 Å². The molecule has 0 radical (unpaired) electrons. The molecule has 0 bridgehead atoms. The van der Waals surface area contributed by atoms with Crippen molar-refractivity contribution in [2.75, 3.05) is 5.75 Å². The molecule has 4 nitrogen and oxygen atoms in total. The maximum Gasteiger partial charge on any atom is 0.211 e. The van der Waals surface area contributed by atoms with E-state index in [2.05, 4.69) is 9.71 Å². The lowest BCUT2D eigenvalue weighted by molar-refractivity contribution is 0.583. The smallest absolute Gasteiger partial charge is 0.211 e. The average Bonchev–Trinajstić information content (AvgIpc) is 2.59. The summed E-state index contributed by atoms with van der Waals surface area (Å²) in [4.78, 5) is 4.14. The summed E-state index contributed by atoms with van der Waals surface area (Å²) in [5, 5.41) is 1.75. The second-order valence-electron chi connectivity index (χ2n) is 5.43. The number of benzene rings is 2. The van der Waals surface area contributed by atoms with E-state index in [0.29, 0.717) is 0 Å². The average molecular weight is 344 g/mol. The highest BCUT2D eigenvalue weighted by Gasteiger charge is 2.11. The molecular weight excluding hydrogens is 327 g/mol. The van der Waals surface area contributed by atoms with E-state index in [1.807, 2.05) is 24.3 Å². The van der Waals surface area contributed by atoms with Gasteiger partial charge in [-0.25, -0.2) is 17.5 Å². The molecule has 1 heterocycles. The van der Waals surface area contributed by atoms with Crippen molar-refractivity contribution in [3.8, 4) is 11.1 Å². The van der Waals surface area contributed by atoms with Gasteiger partial charge in [-0.05, 0) is 47.2 Å². The van der Waals surface area contributed by atoms with Gasteiger partial charge in [-0.15, -0.1) is 0 Å². The molecule has 1 aromatic heterocycles. The summed E-state index contributed by atoms with van der Waals surface area (Å²) in [5.74, 6) is -0.264. The highest BCUT2D eigenvalue weighted by molar-refractivity contribution is 7.89. The summed E-state index contributed by atoms with van der Waals surface area (Å²) in [6.45, 7) is 1.79. The van der Waals surface area contributed by atoms with Gasteiger partial charge in [0.05, 0.1) is 5.75 Å². The number of sulfonamides is 1. The van der Waals surface area contributed by atoms with Crippen LogP contribution in [0.15, 0.2) is 54.9 Å². The Bertz CT molecular complexity index is 987. The number of halogens is 1. The van der Waals surface area contributed by atoms with Crippen molar-refractivity contribution >= 4 is 20.8 Å². The van der Waals surface area contributed by atoms with Crippen LogP contribution in [0.1, 0.15) is 12.5 Å². The largest absolute Gasteiger partial charge is 0.264 e. The summed E-state index contributed by atoms with van der Waals surface area (Å²) >= 11 is 0. The van der Waals surface area contributed by atoms with Gasteiger partial charge in [0.1, 0.15) is 5.82 Å². The van der Waals surface area contributed by atoms with E-state index in [4.69, 9.17) is 0 Å². The lowest BCUT2D eigenvalue weighted by Gasteiger charge is -2.12. The fourth-order valence-electron chi connectivity index (χ4n) is 2.60. The molecule has 0 amide bonds. The van der Waals surface area contributed by atoms with Gasteiger partial charge in [0.2, 0.25) is 10.0 Å². The third-order valence-electron chi connectivity index (χ3n) is 3.91. The maximum absolute atomic E-state index is 13.5. The number of nitrogens with zero attached hydrogens (tertiary/aromatic N) is 1. The van der Waals surface area contributed by atoms with Crippen molar-refractivity contribution in [1.82, 2.24) is 9.71 Å². The van der Waals surface area contributed by atoms with Crippen LogP contribution in [0.2, 0.25) is 0 Å². The van der Waals surface area contributed by atoms with Crippen molar-refractivity contribution in [2.24, 2.45) is 0 Å². The molecule has 3 rings (SSSR count). The topological polar surface area (TPSA) is 59.1 Å². The Kier molecular flexibility index (Phi) is 4.59. The molecule has 2 aromatic carbocycles. The molecule has 0 aliphatic heterocycles. The number of pyridine rings is 1. The van der Waals surface area contributed by atoms with Gasteiger partial charge in [-0.1, -0.05) is 24.3 Å². The molecule has 24 heavy (non-hydrogen) atoms. The number of fused-ring (bicyclic) bond motifs is 1. The Labute approximate surface area is 140 Å². The Morgan fingerprint density at radius 3 is 2.71 bits per heavy atom. The van der Waals surface area contributed by atoms with E-state index < -0.39 is 10.0 Å². The maximum atomic E-state index is 13.5. The fraction of sp³-hybridized carbons (Fsp3) is 0.167. The molecule has 0 unspecified atom stereocenters. The molecule has 0 aliphatic carbocycles. The third kappa shape index (κ3) is 3.44. The fourth-order valence-corrected chi connectivity index (χ4v) is 3.18. The van der Waals surface area contributed by atoms with Crippen LogP contribution in [0.3, 0.4) is 0 Å². The highest BCUT2D eigenvalue weighted by atomic mass is 32.2. The number of nitrogens with one attached hydrogen (secondary N) is 1. The zero-order valence-corrected chi connectivity index (χ0v) is 14.0. The van der Waals surface area contributed by atoms with Crippen LogP contribution >= 0.6 is 0 Å². The Hall–Kier alpha value is -2.31. The Balaban J connectivity index is 2.08. The zero-order chi connectivity index (χ0) is 17.2. The summed E-state index contributed by atoms with van der Waals surface area (Å²) in [6.07, 6.45) is 3.37. The van der Waals surface area contributed by atoms with E-state index in [1.165, 1.54) is 12.1 Å². The van der Waals surface area contributed by atoms with Crippen LogP contribution < -0.4 is 4.72 Å². The minimum Gasteiger partial charge on any atom is -0.264 e. The van der Waals surface area contributed by atoms with Crippen LogP contribution in [0.25, 0.3) is 21.9 Å². The summed E-state index contributed by atoms with van der Waals surface area (Å²) < 4.78 is 39.4. The SMILES string of the molecule is CCS(=O)(=O)NCc1ccc(-c2cccc(F)c2)c2ccncc12. The Morgan fingerprint density at radius 1 is 1.12 bits per heavy atom. The van der Waals surface area contributed by atoms with E-state index >= 15 is 0 Å². The van der Waals surface area contributed by atoms with E-state index in [0.717, 1.165) is 27.5 Å².